The highest BCUT2D eigenvalue weighted by Crippen LogP contribution is 2.29. The largest absolute Gasteiger partial charge is 0.356 e. The molecule has 1 aliphatic carbocycles. The van der Waals surface area contributed by atoms with Gasteiger partial charge < -0.3 is 10.6 Å². The third-order valence-corrected chi connectivity index (χ3v) is 6.11. The van der Waals surface area contributed by atoms with Crippen LogP contribution in [0.1, 0.15) is 24.8 Å². The van der Waals surface area contributed by atoms with Crippen LogP contribution in [-0.2, 0) is 6.42 Å². The van der Waals surface area contributed by atoms with Crippen LogP contribution < -0.4 is 10.6 Å². The molecule has 4 rings (SSSR count). The van der Waals surface area contributed by atoms with Crippen LogP contribution >= 0.6 is 35.3 Å². The second kappa shape index (κ2) is 8.68. The van der Waals surface area contributed by atoms with Gasteiger partial charge in [0.25, 0.3) is 0 Å². The van der Waals surface area contributed by atoms with Crippen molar-refractivity contribution >= 4 is 51.4 Å². The molecule has 2 N–H and O–H groups in total. The van der Waals surface area contributed by atoms with Crippen molar-refractivity contribution in [2.75, 3.05) is 26.7 Å². The summed E-state index contributed by atoms with van der Waals surface area (Å²) in [7, 11) is 1.86. The SMILES string of the molecule is CN=C(NCCc1csc2ccccc12)NC1CCN(C2CC2)C1.I. The first-order valence-corrected chi connectivity index (χ1v) is 9.88. The normalized spacial score (nSPS) is 21.3. The fraction of sp³-hybridized carbons (Fsp3) is 0.526. The van der Waals surface area contributed by atoms with Crippen LogP contribution in [0.25, 0.3) is 10.1 Å². The predicted molar refractivity (Wildman–Crippen MR) is 118 cm³/mol. The zero-order valence-corrected chi connectivity index (χ0v) is 17.8. The molecular formula is C19H27IN4S. The van der Waals surface area contributed by atoms with Gasteiger partial charge in [-0.2, -0.15) is 0 Å². The van der Waals surface area contributed by atoms with Crippen molar-refractivity contribution in [2.45, 2.75) is 37.8 Å². The van der Waals surface area contributed by atoms with Crippen molar-refractivity contribution in [1.82, 2.24) is 15.5 Å². The number of hydrogen-bond donors (Lipinski definition) is 2. The summed E-state index contributed by atoms with van der Waals surface area (Å²) in [5.74, 6) is 0.942. The van der Waals surface area contributed by atoms with Crippen LogP contribution in [0, 0.1) is 0 Å². The molecule has 2 heterocycles. The van der Waals surface area contributed by atoms with E-state index in [9.17, 15) is 0 Å². The molecule has 1 aromatic carbocycles. The molecular weight excluding hydrogens is 443 g/mol. The highest BCUT2D eigenvalue weighted by molar-refractivity contribution is 14.0. The molecule has 1 saturated carbocycles. The molecule has 2 fully saturated rings. The van der Waals surface area contributed by atoms with Gasteiger partial charge in [-0.1, -0.05) is 18.2 Å². The minimum absolute atomic E-state index is 0. The van der Waals surface area contributed by atoms with E-state index in [0.29, 0.717) is 6.04 Å². The van der Waals surface area contributed by atoms with Gasteiger partial charge >= 0.3 is 0 Å². The van der Waals surface area contributed by atoms with Crippen LogP contribution in [0.3, 0.4) is 0 Å². The maximum Gasteiger partial charge on any atom is 0.191 e. The number of fused-ring (bicyclic) bond motifs is 1. The van der Waals surface area contributed by atoms with E-state index in [1.165, 1.54) is 48.0 Å². The van der Waals surface area contributed by atoms with E-state index in [-0.39, 0.29) is 24.0 Å². The van der Waals surface area contributed by atoms with Crippen LogP contribution in [0.15, 0.2) is 34.6 Å². The zero-order valence-electron chi connectivity index (χ0n) is 14.7. The summed E-state index contributed by atoms with van der Waals surface area (Å²) in [5.41, 5.74) is 1.43. The van der Waals surface area contributed by atoms with E-state index >= 15 is 0 Å². The van der Waals surface area contributed by atoms with Crippen molar-refractivity contribution < 1.29 is 0 Å². The number of nitrogens with zero attached hydrogens (tertiary/aromatic N) is 2. The Morgan fingerprint density at radius 2 is 2.12 bits per heavy atom. The number of benzene rings is 1. The number of rotatable bonds is 5. The number of aliphatic imine (C=N–C) groups is 1. The third-order valence-electron chi connectivity index (χ3n) is 5.10. The van der Waals surface area contributed by atoms with E-state index < -0.39 is 0 Å². The van der Waals surface area contributed by atoms with Crippen LogP contribution in [-0.4, -0.2) is 49.6 Å². The quantitative estimate of drug-likeness (QED) is 0.400. The Bertz CT molecular complexity index is 725. The topological polar surface area (TPSA) is 39.7 Å². The van der Waals surface area contributed by atoms with Gasteiger partial charge in [-0.15, -0.1) is 35.3 Å². The lowest BCUT2D eigenvalue weighted by atomic mass is 10.1. The summed E-state index contributed by atoms with van der Waals surface area (Å²) in [6.45, 7) is 3.32. The molecule has 1 atom stereocenters. The molecule has 1 unspecified atom stereocenters. The van der Waals surface area contributed by atoms with E-state index in [2.05, 4.69) is 50.2 Å². The number of likely N-dealkylation sites (tertiary alicyclic amines) is 1. The molecule has 1 saturated heterocycles. The second-order valence-corrected chi connectivity index (χ2v) is 7.77. The van der Waals surface area contributed by atoms with E-state index in [1.807, 2.05) is 18.4 Å². The average molecular weight is 470 g/mol. The standard InChI is InChI=1S/C19H26N4S.HI/c1-20-19(22-15-9-11-23(12-15)16-6-7-16)21-10-8-14-13-24-18-5-3-2-4-17(14)18;/h2-5,13,15-16H,6-12H2,1H3,(H2,20,21,22);1H. The zero-order chi connectivity index (χ0) is 16.4. The number of guanidine groups is 1. The fourth-order valence-corrected chi connectivity index (χ4v) is 4.60. The number of thiophene rings is 1. The average Bonchev–Trinajstić information content (AvgIpc) is 3.22. The van der Waals surface area contributed by atoms with Crippen molar-refractivity contribution in [2.24, 2.45) is 4.99 Å². The predicted octanol–water partition coefficient (Wildman–Crippen LogP) is 3.46. The molecule has 0 bridgehead atoms. The molecule has 0 amide bonds. The molecule has 0 spiro atoms. The van der Waals surface area contributed by atoms with Gasteiger partial charge in [-0.3, -0.25) is 9.89 Å². The Morgan fingerprint density at radius 3 is 2.92 bits per heavy atom. The molecule has 1 aliphatic heterocycles. The fourth-order valence-electron chi connectivity index (χ4n) is 3.61. The van der Waals surface area contributed by atoms with Gasteiger partial charge in [0.15, 0.2) is 5.96 Å². The lowest BCUT2D eigenvalue weighted by Gasteiger charge is -2.18. The monoisotopic (exact) mass is 470 g/mol. The van der Waals surface area contributed by atoms with Crippen molar-refractivity contribution in [1.29, 1.82) is 0 Å². The number of nitrogens with one attached hydrogen (secondary N) is 2. The molecule has 6 heteroatoms. The highest BCUT2D eigenvalue weighted by atomic mass is 127. The van der Waals surface area contributed by atoms with Crippen molar-refractivity contribution in [3.63, 3.8) is 0 Å². The molecule has 2 aliphatic rings. The molecule has 1 aromatic heterocycles. The lowest BCUT2D eigenvalue weighted by molar-refractivity contribution is 0.321. The number of hydrogen-bond acceptors (Lipinski definition) is 3. The van der Waals surface area contributed by atoms with E-state index in [0.717, 1.165) is 25.0 Å². The van der Waals surface area contributed by atoms with Crippen LogP contribution in [0.5, 0.6) is 0 Å². The Kier molecular flexibility index (Phi) is 6.57. The van der Waals surface area contributed by atoms with E-state index in [4.69, 9.17) is 0 Å². The van der Waals surface area contributed by atoms with Crippen molar-refractivity contribution in [3.8, 4) is 0 Å². The molecule has 2 aromatic rings. The maximum absolute atomic E-state index is 4.40. The molecule has 25 heavy (non-hydrogen) atoms. The summed E-state index contributed by atoms with van der Waals surface area (Å²) in [5, 5.41) is 10.8. The smallest absolute Gasteiger partial charge is 0.191 e. The molecule has 136 valence electrons. The first-order valence-electron chi connectivity index (χ1n) is 9.00. The Labute approximate surface area is 171 Å². The molecule has 4 nitrogen and oxygen atoms in total. The van der Waals surface area contributed by atoms with E-state index in [1.54, 1.807) is 0 Å². The van der Waals surface area contributed by atoms with Crippen LogP contribution in [0.2, 0.25) is 0 Å². The van der Waals surface area contributed by atoms with Crippen molar-refractivity contribution in [3.05, 3.63) is 35.2 Å². The first kappa shape index (κ1) is 18.9. The van der Waals surface area contributed by atoms with Gasteiger partial charge in [0.05, 0.1) is 0 Å². The first-order chi connectivity index (χ1) is 11.8. The lowest BCUT2D eigenvalue weighted by Crippen LogP contribution is -2.45. The molecule has 0 radical (unpaired) electrons. The second-order valence-electron chi connectivity index (χ2n) is 6.86. The Hall–Kier alpha value is -0.860. The van der Waals surface area contributed by atoms with Crippen LogP contribution in [0.4, 0.5) is 0 Å². The Morgan fingerprint density at radius 1 is 1.28 bits per heavy atom. The summed E-state index contributed by atoms with van der Waals surface area (Å²) >= 11 is 1.83. The van der Waals surface area contributed by atoms with Gasteiger partial charge in [-0.25, -0.2) is 0 Å². The maximum atomic E-state index is 4.40. The minimum Gasteiger partial charge on any atom is -0.356 e. The summed E-state index contributed by atoms with van der Waals surface area (Å²) in [6.07, 6.45) is 5.05. The minimum atomic E-state index is 0. The summed E-state index contributed by atoms with van der Waals surface area (Å²) < 4.78 is 1.38. The summed E-state index contributed by atoms with van der Waals surface area (Å²) in [4.78, 5) is 7.02. The van der Waals surface area contributed by atoms with Gasteiger partial charge in [0, 0.05) is 43.5 Å². The summed E-state index contributed by atoms with van der Waals surface area (Å²) in [6, 6.07) is 10.1. The van der Waals surface area contributed by atoms with Gasteiger partial charge in [0.1, 0.15) is 0 Å². The Balaban J connectivity index is 0.00000182. The third kappa shape index (κ3) is 4.65. The number of halogens is 1. The van der Waals surface area contributed by atoms with Gasteiger partial charge in [-0.05, 0) is 48.1 Å². The van der Waals surface area contributed by atoms with Gasteiger partial charge in [0.2, 0.25) is 0 Å². The highest BCUT2D eigenvalue weighted by Gasteiger charge is 2.34.